The lowest BCUT2D eigenvalue weighted by atomic mass is 10.1. The molecule has 0 spiro atoms. The molecule has 0 unspecified atom stereocenters. The van der Waals surface area contributed by atoms with Gasteiger partial charge in [0.2, 0.25) is 0 Å². The molecule has 7 heteroatoms. The highest BCUT2D eigenvalue weighted by molar-refractivity contribution is 6.32. The van der Waals surface area contributed by atoms with E-state index in [1.165, 1.54) is 16.0 Å². The number of hydrogen-bond acceptors (Lipinski definition) is 5. The number of hydrogen-bond donors (Lipinski definition) is 0. The zero-order valence-electron chi connectivity index (χ0n) is 15.3. The fourth-order valence-electron chi connectivity index (χ4n) is 2.73. The van der Waals surface area contributed by atoms with E-state index < -0.39 is 5.69 Å². The largest absolute Gasteiger partial charge is 0.356 e. The van der Waals surface area contributed by atoms with Crippen LogP contribution in [0.3, 0.4) is 0 Å². The first-order valence-corrected chi connectivity index (χ1v) is 9.19. The van der Waals surface area contributed by atoms with Crippen LogP contribution in [0, 0.1) is 0 Å². The molecule has 1 aromatic heterocycles. The summed E-state index contributed by atoms with van der Waals surface area (Å²) >= 11 is 6.31. The van der Waals surface area contributed by atoms with Crippen LogP contribution in [0.2, 0.25) is 5.02 Å². The van der Waals surface area contributed by atoms with Crippen molar-refractivity contribution in [2.45, 2.75) is 26.9 Å². The highest BCUT2D eigenvalue weighted by Crippen LogP contribution is 2.23. The SMILES string of the molecule is CCc1cccc(Cl)c1-n1cnc(N(CC)OCc2ccccc2)nc1=O. The Morgan fingerprint density at radius 3 is 2.56 bits per heavy atom. The third kappa shape index (κ3) is 4.35. The van der Waals surface area contributed by atoms with Crippen molar-refractivity contribution in [3.63, 3.8) is 0 Å². The van der Waals surface area contributed by atoms with Gasteiger partial charge in [0.15, 0.2) is 0 Å². The quantitative estimate of drug-likeness (QED) is 0.580. The summed E-state index contributed by atoms with van der Waals surface area (Å²) in [5.74, 6) is 0.222. The molecule has 6 nitrogen and oxygen atoms in total. The van der Waals surface area contributed by atoms with E-state index in [4.69, 9.17) is 16.4 Å². The molecule has 0 N–H and O–H groups in total. The fourth-order valence-corrected chi connectivity index (χ4v) is 3.02. The molecule has 3 aromatic rings. The number of rotatable bonds is 7. The number of benzene rings is 2. The van der Waals surface area contributed by atoms with E-state index in [0.717, 1.165) is 17.5 Å². The predicted molar refractivity (Wildman–Crippen MR) is 106 cm³/mol. The summed E-state index contributed by atoms with van der Waals surface area (Å²) in [4.78, 5) is 26.8. The van der Waals surface area contributed by atoms with Gasteiger partial charge in [0.1, 0.15) is 12.9 Å². The second kappa shape index (κ2) is 8.79. The van der Waals surface area contributed by atoms with Gasteiger partial charge < -0.3 is 0 Å². The van der Waals surface area contributed by atoms with Gasteiger partial charge in [-0.25, -0.2) is 19.4 Å². The molecule has 3 rings (SSSR count). The van der Waals surface area contributed by atoms with Gasteiger partial charge in [0.05, 0.1) is 10.7 Å². The van der Waals surface area contributed by atoms with Crippen molar-refractivity contribution in [2.24, 2.45) is 0 Å². The van der Waals surface area contributed by atoms with Crippen molar-refractivity contribution in [1.82, 2.24) is 14.5 Å². The lowest BCUT2D eigenvalue weighted by molar-refractivity contribution is 0.0932. The number of aromatic nitrogens is 3. The van der Waals surface area contributed by atoms with Crippen LogP contribution in [-0.4, -0.2) is 21.1 Å². The number of para-hydroxylation sites is 1. The van der Waals surface area contributed by atoms with Crippen molar-refractivity contribution < 1.29 is 4.84 Å². The molecule has 0 aliphatic carbocycles. The van der Waals surface area contributed by atoms with E-state index in [1.54, 1.807) is 6.07 Å². The molecule has 140 valence electrons. The topological polar surface area (TPSA) is 60.3 Å². The van der Waals surface area contributed by atoms with Gasteiger partial charge >= 0.3 is 5.69 Å². The second-order valence-corrected chi connectivity index (χ2v) is 6.27. The van der Waals surface area contributed by atoms with Gasteiger partial charge in [-0.1, -0.05) is 61.0 Å². The van der Waals surface area contributed by atoms with Gasteiger partial charge in [0, 0.05) is 6.54 Å². The van der Waals surface area contributed by atoms with Crippen molar-refractivity contribution in [3.8, 4) is 5.69 Å². The molecule has 0 bridgehead atoms. The molecule has 0 atom stereocenters. The Bertz CT molecular complexity index is 960. The molecule has 0 aliphatic rings. The van der Waals surface area contributed by atoms with Crippen LogP contribution in [0.4, 0.5) is 5.95 Å². The fraction of sp³-hybridized carbons (Fsp3) is 0.250. The number of hydroxylamine groups is 1. The Morgan fingerprint density at radius 1 is 1.11 bits per heavy atom. The van der Waals surface area contributed by atoms with E-state index in [2.05, 4.69) is 9.97 Å². The molecule has 0 saturated carbocycles. The van der Waals surface area contributed by atoms with Crippen LogP contribution in [0.25, 0.3) is 5.69 Å². The zero-order valence-corrected chi connectivity index (χ0v) is 16.1. The normalized spacial score (nSPS) is 10.8. The van der Waals surface area contributed by atoms with Crippen LogP contribution in [0.5, 0.6) is 0 Å². The molecule has 2 aromatic carbocycles. The predicted octanol–water partition coefficient (Wildman–Crippen LogP) is 3.80. The summed E-state index contributed by atoms with van der Waals surface area (Å²) in [6.45, 7) is 4.78. The molecule has 27 heavy (non-hydrogen) atoms. The van der Waals surface area contributed by atoms with E-state index in [9.17, 15) is 4.79 Å². The van der Waals surface area contributed by atoms with Crippen LogP contribution in [-0.2, 0) is 17.9 Å². The van der Waals surface area contributed by atoms with Crippen LogP contribution in [0.1, 0.15) is 25.0 Å². The van der Waals surface area contributed by atoms with Crippen LogP contribution in [0.15, 0.2) is 59.7 Å². The highest BCUT2D eigenvalue weighted by atomic mass is 35.5. The lowest BCUT2D eigenvalue weighted by Gasteiger charge is -2.20. The first kappa shape index (κ1) is 19.1. The Kier molecular flexibility index (Phi) is 6.21. The minimum atomic E-state index is -0.454. The molecule has 0 radical (unpaired) electrons. The van der Waals surface area contributed by atoms with Crippen molar-refractivity contribution in [1.29, 1.82) is 0 Å². The first-order chi connectivity index (χ1) is 13.1. The number of nitrogens with zero attached hydrogens (tertiary/aromatic N) is 4. The van der Waals surface area contributed by atoms with Gasteiger partial charge in [-0.15, -0.1) is 0 Å². The van der Waals surface area contributed by atoms with Crippen molar-refractivity contribution in [3.05, 3.63) is 81.5 Å². The maximum Gasteiger partial charge on any atom is 0.356 e. The smallest absolute Gasteiger partial charge is 0.266 e. The van der Waals surface area contributed by atoms with E-state index in [1.807, 2.05) is 56.3 Å². The number of halogens is 1. The Morgan fingerprint density at radius 2 is 1.89 bits per heavy atom. The zero-order chi connectivity index (χ0) is 19.2. The van der Waals surface area contributed by atoms with E-state index >= 15 is 0 Å². The number of anilines is 1. The summed E-state index contributed by atoms with van der Waals surface area (Å²) in [6, 6.07) is 15.3. The van der Waals surface area contributed by atoms with Gasteiger partial charge in [0.25, 0.3) is 5.95 Å². The van der Waals surface area contributed by atoms with Crippen molar-refractivity contribution in [2.75, 3.05) is 11.6 Å². The average Bonchev–Trinajstić information content (AvgIpc) is 2.69. The Labute approximate surface area is 163 Å². The first-order valence-electron chi connectivity index (χ1n) is 8.81. The third-order valence-corrected chi connectivity index (χ3v) is 4.43. The van der Waals surface area contributed by atoms with Crippen LogP contribution < -0.4 is 10.8 Å². The second-order valence-electron chi connectivity index (χ2n) is 5.86. The highest BCUT2D eigenvalue weighted by Gasteiger charge is 2.14. The molecule has 0 saturated heterocycles. The molecule has 0 fully saturated rings. The monoisotopic (exact) mass is 384 g/mol. The van der Waals surface area contributed by atoms with Crippen molar-refractivity contribution >= 4 is 17.5 Å². The summed E-state index contributed by atoms with van der Waals surface area (Å²) in [5.41, 5.74) is 2.14. The summed E-state index contributed by atoms with van der Waals surface area (Å²) in [7, 11) is 0. The van der Waals surface area contributed by atoms with E-state index in [-0.39, 0.29) is 5.95 Å². The molecular formula is C20H21ClN4O2. The van der Waals surface area contributed by atoms with Crippen LogP contribution >= 0.6 is 11.6 Å². The van der Waals surface area contributed by atoms with E-state index in [0.29, 0.717) is 23.9 Å². The molecule has 0 aliphatic heterocycles. The van der Waals surface area contributed by atoms with Gasteiger partial charge in [-0.2, -0.15) is 4.98 Å². The Balaban J connectivity index is 1.87. The standard InChI is InChI=1S/C20H21ClN4O2/c1-3-16-11-8-12-17(21)18(16)24-14-22-19(23-20(24)26)25(4-2)27-13-15-9-6-5-7-10-15/h5-12,14H,3-4,13H2,1-2H3. The lowest BCUT2D eigenvalue weighted by Crippen LogP contribution is -2.31. The minimum absolute atomic E-state index is 0.222. The van der Waals surface area contributed by atoms with Gasteiger partial charge in [-0.3, -0.25) is 4.84 Å². The third-order valence-electron chi connectivity index (χ3n) is 4.12. The maximum absolute atomic E-state index is 12.6. The molecule has 0 amide bonds. The summed E-state index contributed by atoms with van der Waals surface area (Å²) in [6.07, 6.45) is 2.19. The molecule has 1 heterocycles. The molecular weight excluding hydrogens is 364 g/mol. The van der Waals surface area contributed by atoms with Gasteiger partial charge in [-0.05, 0) is 30.5 Å². The summed E-state index contributed by atoms with van der Waals surface area (Å²) < 4.78 is 1.37. The maximum atomic E-state index is 12.6. The summed E-state index contributed by atoms with van der Waals surface area (Å²) in [5, 5.41) is 1.99. The average molecular weight is 385 g/mol. The minimum Gasteiger partial charge on any atom is -0.266 e. The Hall–Kier alpha value is -2.70. The number of aryl methyl sites for hydroxylation is 1.